The van der Waals surface area contributed by atoms with E-state index in [2.05, 4.69) is 24.6 Å². The number of fused-ring (bicyclic) bond motifs is 3. The maximum atomic E-state index is 11.4. The highest BCUT2D eigenvalue weighted by Gasteiger charge is 2.26. The van der Waals surface area contributed by atoms with Crippen LogP contribution in [0, 0.1) is 0 Å². The summed E-state index contributed by atoms with van der Waals surface area (Å²) < 4.78 is 25.6. The Labute approximate surface area is 133 Å². The van der Waals surface area contributed by atoms with Gasteiger partial charge in [0.2, 0.25) is 10.0 Å². The van der Waals surface area contributed by atoms with Gasteiger partial charge in [-0.15, -0.1) is 0 Å². The second-order valence-corrected chi connectivity index (χ2v) is 7.69. The largest absolute Gasteiger partial charge is 0.369 e. The fourth-order valence-electron chi connectivity index (χ4n) is 3.28. The van der Waals surface area contributed by atoms with E-state index < -0.39 is 10.0 Å². The molecule has 3 aromatic heterocycles. The van der Waals surface area contributed by atoms with Gasteiger partial charge in [0, 0.05) is 48.0 Å². The fraction of sp³-hybridized carbons (Fsp3) is 0.333. The molecule has 3 aromatic rings. The van der Waals surface area contributed by atoms with E-state index in [0.717, 1.165) is 40.6 Å². The van der Waals surface area contributed by atoms with Crippen molar-refractivity contribution in [1.29, 1.82) is 0 Å². The lowest BCUT2D eigenvalue weighted by atomic mass is 10.1. The van der Waals surface area contributed by atoms with Gasteiger partial charge in [0.05, 0.1) is 18.0 Å². The van der Waals surface area contributed by atoms with Crippen LogP contribution in [-0.4, -0.2) is 48.8 Å². The van der Waals surface area contributed by atoms with Crippen LogP contribution in [-0.2, 0) is 10.0 Å². The van der Waals surface area contributed by atoms with Crippen LogP contribution in [0.25, 0.3) is 21.9 Å². The SMILES string of the molecule is CS(=O)(=O)NC1CCN(c2ccnc3cnc4[nH]ccc4c23)C1. The maximum absolute atomic E-state index is 11.4. The minimum absolute atomic E-state index is 0.0585. The smallest absolute Gasteiger partial charge is 0.209 e. The van der Waals surface area contributed by atoms with Crippen molar-refractivity contribution in [3.63, 3.8) is 0 Å². The van der Waals surface area contributed by atoms with Crippen LogP contribution < -0.4 is 9.62 Å². The molecule has 0 aliphatic carbocycles. The number of nitrogens with one attached hydrogen (secondary N) is 2. The molecule has 0 saturated carbocycles. The highest BCUT2D eigenvalue weighted by Crippen LogP contribution is 2.32. The molecule has 1 atom stereocenters. The summed E-state index contributed by atoms with van der Waals surface area (Å²) in [5, 5.41) is 2.09. The van der Waals surface area contributed by atoms with Gasteiger partial charge in [-0.25, -0.2) is 18.1 Å². The van der Waals surface area contributed by atoms with Gasteiger partial charge in [-0.2, -0.15) is 0 Å². The molecule has 7 nitrogen and oxygen atoms in total. The van der Waals surface area contributed by atoms with Crippen molar-refractivity contribution in [1.82, 2.24) is 19.7 Å². The van der Waals surface area contributed by atoms with Crippen molar-refractivity contribution in [2.75, 3.05) is 24.2 Å². The number of anilines is 1. The summed E-state index contributed by atoms with van der Waals surface area (Å²) in [5.41, 5.74) is 2.74. The van der Waals surface area contributed by atoms with Crippen LogP contribution >= 0.6 is 0 Å². The Morgan fingerprint density at radius 3 is 3.04 bits per heavy atom. The minimum atomic E-state index is -3.19. The van der Waals surface area contributed by atoms with Gasteiger partial charge in [0.1, 0.15) is 5.65 Å². The number of aromatic amines is 1. The molecular weight excluding hydrogens is 314 g/mol. The average molecular weight is 331 g/mol. The monoisotopic (exact) mass is 331 g/mol. The summed E-state index contributed by atoms with van der Waals surface area (Å²) in [6.07, 6.45) is 7.39. The first-order valence-corrected chi connectivity index (χ1v) is 9.33. The van der Waals surface area contributed by atoms with Gasteiger partial charge in [0.15, 0.2) is 0 Å². The van der Waals surface area contributed by atoms with Gasteiger partial charge in [-0.1, -0.05) is 0 Å². The molecule has 4 rings (SSSR count). The molecule has 1 fully saturated rings. The van der Waals surface area contributed by atoms with Crippen molar-refractivity contribution in [3.05, 3.63) is 30.7 Å². The Balaban J connectivity index is 1.76. The number of rotatable bonds is 3. The molecule has 2 N–H and O–H groups in total. The zero-order chi connectivity index (χ0) is 16.0. The molecule has 0 spiro atoms. The lowest BCUT2D eigenvalue weighted by Gasteiger charge is -2.20. The van der Waals surface area contributed by atoms with Gasteiger partial charge in [0.25, 0.3) is 0 Å². The molecule has 0 bridgehead atoms. The zero-order valence-corrected chi connectivity index (χ0v) is 13.5. The third kappa shape index (κ3) is 2.64. The Morgan fingerprint density at radius 2 is 2.22 bits per heavy atom. The molecular formula is C15H17N5O2S. The normalized spacial score (nSPS) is 19.0. The zero-order valence-electron chi connectivity index (χ0n) is 12.7. The Bertz CT molecular complexity index is 982. The van der Waals surface area contributed by atoms with Crippen molar-refractivity contribution in [2.24, 2.45) is 0 Å². The second-order valence-electron chi connectivity index (χ2n) is 5.91. The second kappa shape index (κ2) is 5.17. The van der Waals surface area contributed by atoms with Crippen molar-refractivity contribution < 1.29 is 8.42 Å². The molecule has 1 aliphatic rings. The van der Waals surface area contributed by atoms with Gasteiger partial charge < -0.3 is 9.88 Å². The number of aromatic nitrogens is 3. The summed E-state index contributed by atoms with van der Waals surface area (Å²) in [5.74, 6) is 0. The van der Waals surface area contributed by atoms with Crippen LogP contribution in [0.15, 0.2) is 30.7 Å². The average Bonchev–Trinajstić information content (AvgIpc) is 3.13. The number of sulfonamides is 1. The standard InChI is InChI=1S/C15H17N5O2S/c1-23(21,22)19-10-4-7-20(9-10)13-3-6-16-12-8-18-15-11(14(12)13)2-5-17-15/h2-3,5-6,8,10,19H,4,7,9H2,1H3,(H,17,18). The molecule has 0 radical (unpaired) electrons. The first-order valence-electron chi connectivity index (χ1n) is 7.44. The number of pyridine rings is 2. The van der Waals surface area contributed by atoms with Gasteiger partial charge in [-0.05, 0) is 18.6 Å². The van der Waals surface area contributed by atoms with E-state index in [1.807, 2.05) is 18.3 Å². The number of nitrogens with zero attached hydrogens (tertiary/aromatic N) is 3. The summed E-state index contributed by atoms with van der Waals surface area (Å²) in [4.78, 5) is 14.1. The first kappa shape index (κ1) is 14.4. The third-order valence-corrected chi connectivity index (χ3v) is 4.94. The topological polar surface area (TPSA) is 91.0 Å². The maximum Gasteiger partial charge on any atom is 0.209 e. The molecule has 23 heavy (non-hydrogen) atoms. The van der Waals surface area contributed by atoms with E-state index in [1.54, 1.807) is 12.4 Å². The molecule has 0 amide bonds. The summed E-state index contributed by atoms with van der Waals surface area (Å²) >= 11 is 0. The lowest BCUT2D eigenvalue weighted by Crippen LogP contribution is -2.36. The van der Waals surface area contributed by atoms with Crippen LogP contribution in [0.1, 0.15) is 6.42 Å². The molecule has 1 aliphatic heterocycles. The van der Waals surface area contributed by atoms with Crippen LogP contribution in [0.2, 0.25) is 0 Å². The van der Waals surface area contributed by atoms with Gasteiger partial charge >= 0.3 is 0 Å². The van der Waals surface area contributed by atoms with Gasteiger partial charge in [-0.3, -0.25) is 4.98 Å². The van der Waals surface area contributed by atoms with Crippen molar-refractivity contribution in [2.45, 2.75) is 12.5 Å². The quantitative estimate of drug-likeness (QED) is 0.753. The molecule has 120 valence electrons. The van der Waals surface area contributed by atoms with E-state index in [9.17, 15) is 8.42 Å². The molecule has 4 heterocycles. The van der Waals surface area contributed by atoms with E-state index in [-0.39, 0.29) is 6.04 Å². The van der Waals surface area contributed by atoms with Crippen LogP contribution in [0.5, 0.6) is 0 Å². The number of hydrogen-bond donors (Lipinski definition) is 2. The fourth-order valence-corrected chi connectivity index (χ4v) is 4.08. The van der Waals surface area contributed by atoms with E-state index >= 15 is 0 Å². The van der Waals surface area contributed by atoms with E-state index in [4.69, 9.17) is 0 Å². The number of hydrogen-bond acceptors (Lipinski definition) is 5. The summed E-state index contributed by atoms with van der Waals surface area (Å²) in [6, 6.07) is 3.92. The molecule has 1 saturated heterocycles. The molecule has 0 aromatic carbocycles. The Hall–Kier alpha value is -2.19. The minimum Gasteiger partial charge on any atom is -0.369 e. The highest BCUT2D eigenvalue weighted by molar-refractivity contribution is 7.88. The van der Waals surface area contributed by atoms with Crippen LogP contribution in [0.4, 0.5) is 5.69 Å². The predicted octanol–water partition coefficient (Wildman–Crippen LogP) is 1.24. The van der Waals surface area contributed by atoms with Crippen LogP contribution in [0.3, 0.4) is 0 Å². The van der Waals surface area contributed by atoms with E-state index in [1.165, 1.54) is 6.26 Å². The third-order valence-electron chi connectivity index (χ3n) is 4.18. The summed E-state index contributed by atoms with van der Waals surface area (Å²) in [7, 11) is -3.19. The van der Waals surface area contributed by atoms with E-state index in [0.29, 0.717) is 6.54 Å². The molecule has 1 unspecified atom stereocenters. The highest BCUT2D eigenvalue weighted by atomic mass is 32.2. The van der Waals surface area contributed by atoms with Crippen molar-refractivity contribution in [3.8, 4) is 0 Å². The lowest BCUT2D eigenvalue weighted by molar-refractivity contribution is 0.567. The predicted molar refractivity (Wildman–Crippen MR) is 90.0 cm³/mol. The molecule has 8 heteroatoms. The Morgan fingerprint density at radius 1 is 1.35 bits per heavy atom. The first-order chi connectivity index (χ1) is 11.0. The summed E-state index contributed by atoms with van der Waals surface area (Å²) in [6.45, 7) is 1.46. The number of H-pyrrole nitrogens is 1. The van der Waals surface area contributed by atoms with Crippen molar-refractivity contribution >= 4 is 37.6 Å². The Kier molecular flexibility index (Phi) is 3.24.